The first-order chi connectivity index (χ1) is 7.53. The molecule has 1 aliphatic rings. The average Bonchev–Trinajstić information content (AvgIpc) is 2.24. The van der Waals surface area contributed by atoms with E-state index in [1.54, 1.807) is 0 Å². The van der Waals surface area contributed by atoms with Crippen LogP contribution in [0.25, 0.3) is 0 Å². The molecule has 0 amide bonds. The van der Waals surface area contributed by atoms with Gasteiger partial charge in [-0.25, -0.2) is 8.42 Å². The van der Waals surface area contributed by atoms with Crippen LogP contribution in [0.2, 0.25) is 0 Å². The molecule has 1 rings (SSSR count). The highest BCUT2D eigenvalue weighted by atomic mass is 32.2. The number of rotatable bonds is 6. The molecule has 0 radical (unpaired) electrons. The van der Waals surface area contributed by atoms with E-state index in [1.165, 1.54) is 6.26 Å². The van der Waals surface area contributed by atoms with Crippen molar-refractivity contribution < 1.29 is 13.2 Å². The van der Waals surface area contributed by atoms with Crippen molar-refractivity contribution in [2.24, 2.45) is 5.92 Å². The van der Waals surface area contributed by atoms with Crippen LogP contribution in [0.5, 0.6) is 0 Å². The van der Waals surface area contributed by atoms with Gasteiger partial charge in [-0.1, -0.05) is 6.92 Å². The molecule has 1 saturated heterocycles. The van der Waals surface area contributed by atoms with Crippen LogP contribution < -0.4 is 5.32 Å². The first-order valence-electron chi connectivity index (χ1n) is 6.02. The molecule has 0 aromatic carbocycles. The van der Waals surface area contributed by atoms with E-state index in [1.807, 2.05) is 0 Å². The second-order valence-electron chi connectivity index (χ2n) is 4.53. The molecule has 0 saturated carbocycles. The molecule has 1 N–H and O–H groups in total. The van der Waals surface area contributed by atoms with E-state index in [4.69, 9.17) is 4.74 Å². The van der Waals surface area contributed by atoms with Gasteiger partial charge in [0.1, 0.15) is 9.84 Å². The van der Waals surface area contributed by atoms with E-state index in [9.17, 15) is 8.42 Å². The molecule has 1 atom stereocenters. The van der Waals surface area contributed by atoms with Crippen molar-refractivity contribution in [1.82, 2.24) is 5.32 Å². The lowest BCUT2D eigenvalue weighted by Gasteiger charge is -2.30. The smallest absolute Gasteiger partial charge is 0.147 e. The van der Waals surface area contributed by atoms with Crippen LogP contribution in [0.1, 0.15) is 26.2 Å². The van der Waals surface area contributed by atoms with Crippen LogP contribution in [0.4, 0.5) is 0 Å². The minimum atomic E-state index is -2.85. The largest absolute Gasteiger partial charge is 0.381 e. The standard InChI is InChI=1S/C11H23NO3S/c1-3-12-11(6-9-16(2,13)14)10-4-7-15-8-5-10/h10-12H,3-9H2,1-2H3. The van der Waals surface area contributed by atoms with Gasteiger partial charge in [-0.15, -0.1) is 0 Å². The lowest BCUT2D eigenvalue weighted by Crippen LogP contribution is -2.40. The summed E-state index contributed by atoms with van der Waals surface area (Å²) in [5.41, 5.74) is 0. The highest BCUT2D eigenvalue weighted by Gasteiger charge is 2.24. The maximum absolute atomic E-state index is 11.2. The van der Waals surface area contributed by atoms with Crippen LogP contribution in [-0.2, 0) is 14.6 Å². The number of ether oxygens (including phenoxy) is 1. The molecule has 0 spiro atoms. The lowest BCUT2D eigenvalue weighted by atomic mass is 9.90. The highest BCUT2D eigenvalue weighted by molar-refractivity contribution is 7.90. The summed E-state index contributed by atoms with van der Waals surface area (Å²) in [4.78, 5) is 0. The zero-order valence-corrected chi connectivity index (χ0v) is 11.1. The van der Waals surface area contributed by atoms with E-state index in [2.05, 4.69) is 12.2 Å². The van der Waals surface area contributed by atoms with Crippen molar-refractivity contribution >= 4 is 9.84 Å². The Bertz CT molecular complexity index is 284. The number of hydrogen-bond donors (Lipinski definition) is 1. The maximum Gasteiger partial charge on any atom is 0.147 e. The van der Waals surface area contributed by atoms with Crippen molar-refractivity contribution in [3.63, 3.8) is 0 Å². The highest BCUT2D eigenvalue weighted by Crippen LogP contribution is 2.21. The van der Waals surface area contributed by atoms with Gasteiger partial charge in [-0.3, -0.25) is 0 Å². The predicted molar refractivity (Wildman–Crippen MR) is 65.3 cm³/mol. The Balaban J connectivity index is 2.45. The third-order valence-electron chi connectivity index (χ3n) is 3.10. The van der Waals surface area contributed by atoms with Gasteiger partial charge in [0.25, 0.3) is 0 Å². The molecular weight excluding hydrogens is 226 g/mol. The Morgan fingerprint density at radius 1 is 1.38 bits per heavy atom. The zero-order chi connectivity index (χ0) is 12.0. The van der Waals surface area contributed by atoms with Gasteiger partial charge in [0.15, 0.2) is 0 Å². The fraction of sp³-hybridized carbons (Fsp3) is 1.00. The van der Waals surface area contributed by atoms with Gasteiger partial charge < -0.3 is 10.1 Å². The first kappa shape index (κ1) is 13.9. The Morgan fingerprint density at radius 2 is 2.00 bits per heavy atom. The second kappa shape index (κ2) is 6.57. The summed E-state index contributed by atoms with van der Waals surface area (Å²) in [6, 6.07) is 0.323. The molecular formula is C11H23NO3S. The van der Waals surface area contributed by atoms with E-state index >= 15 is 0 Å². The van der Waals surface area contributed by atoms with Gasteiger partial charge in [0, 0.05) is 25.5 Å². The van der Waals surface area contributed by atoms with E-state index in [0.29, 0.717) is 12.0 Å². The summed E-state index contributed by atoms with van der Waals surface area (Å²) in [5.74, 6) is 0.845. The molecule has 1 fully saturated rings. The molecule has 0 aliphatic carbocycles. The minimum absolute atomic E-state index is 0.280. The second-order valence-corrected chi connectivity index (χ2v) is 6.79. The van der Waals surface area contributed by atoms with Crippen molar-refractivity contribution in [1.29, 1.82) is 0 Å². The average molecular weight is 249 g/mol. The molecule has 4 nitrogen and oxygen atoms in total. The normalized spacial score (nSPS) is 20.9. The third kappa shape index (κ3) is 5.27. The molecule has 1 unspecified atom stereocenters. The molecule has 16 heavy (non-hydrogen) atoms. The predicted octanol–water partition coefficient (Wildman–Crippen LogP) is 0.826. The first-order valence-corrected chi connectivity index (χ1v) is 8.08. The molecule has 5 heteroatoms. The molecule has 0 aromatic heterocycles. The Labute approximate surface area is 98.7 Å². The van der Waals surface area contributed by atoms with Gasteiger partial charge in [-0.05, 0) is 31.7 Å². The summed E-state index contributed by atoms with van der Waals surface area (Å²) in [7, 11) is -2.85. The summed E-state index contributed by atoms with van der Waals surface area (Å²) in [6.45, 7) is 4.58. The van der Waals surface area contributed by atoms with Crippen molar-refractivity contribution in [2.45, 2.75) is 32.2 Å². The number of hydrogen-bond acceptors (Lipinski definition) is 4. The molecule has 96 valence electrons. The molecule has 0 bridgehead atoms. The SMILES string of the molecule is CCNC(CCS(C)(=O)=O)C1CCOCC1. The van der Waals surface area contributed by atoms with E-state index in [0.717, 1.165) is 39.0 Å². The molecule has 0 aromatic rings. The Morgan fingerprint density at radius 3 is 2.50 bits per heavy atom. The minimum Gasteiger partial charge on any atom is -0.381 e. The lowest BCUT2D eigenvalue weighted by molar-refractivity contribution is 0.0536. The summed E-state index contributed by atoms with van der Waals surface area (Å²) in [6.07, 6.45) is 4.11. The summed E-state index contributed by atoms with van der Waals surface area (Å²) < 4.78 is 27.7. The topological polar surface area (TPSA) is 55.4 Å². The van der Waals surface area contributed by atoms with Crippen LogP contribution in [0.15, 0.2) is 0 Å². The van der Waals surface area contributed by atoms with Crippen molar-refractivity contribution in [3.05, 3.63) is 0 Å². The van der Waals surface area contributed by atoms with Gasteiger partial charge >= 0.3 is 0 Å². The van der Waals surface area contributed by atoms with E-state index < -0.39 is 9.84 Å². The number of nitrogens with one attached hydrogen (secondary N) is 1. The van der Waals surface area contributed by atoms with Crippen LogP contribution in [0.3, 0.4) is 0 Å². The molecule has 1 heterocycles. The van der Waals surface area contributed by atoms with Gasteiger partial charge in [-0.2, -0.15) is 0 Å². The number of sulfone groups is 1. The van der Waals surface area contributed by atoms with Crippen LogP contribution >= 0.6 is 0 Å². The quantitative estimate of drug-likeness (QED) is 0.757. The summed E-state index contributed by atoms with van der Waals surface area (Å²) in [5, 5.41) is 3.40. The van der Waals surface area contributed by atoms with Crippen LogP contribution in [0, 0.1) is 5.92 Å². The summed E-state index contributed by atoms with van der Waals surface area (Å²) >= 11 is 0. The Kier molecular flexibility index (Phi) is 5.72. The van der Waals surface area contributed by atoms with Crippen LogP contribution in [-0.4, -0.2) is 46.2 Å². The Hall–Kier alpha value is -0.130. The van der Waals surface area contributed by atoms with Crippen molar-refractivity contribution in [3.8, 4) is 0 Å². The van der Waals surface area contributed by atoms with Gasteiger partial charge in [0.05, 0.1) is 5.75 Å². The fourth-order valence-electron chi connectivity index (χ4n) is 2.23. The van der Waals surface area contributed by atoms with Gasteiger partial charge in [0.2, 0.25) is 0 Å². The third-order valence-corrected chi connectivity index (χ3v) is 4.08. The maximum atomic E-state index is 11.2. The molecule has 1 aliphatic heterocycles. The fourth-order valence-corrected chi connectivity index (χ4v) is 2.91. The zero-order valence-electron chi connectivity index (χ0n) is 10.2. The van der Waals surface area contributed by atoms with E-state index in [-0.39, 0.29) is 5.75 Å². The monoisotopic (exact) mass is 249 g/mol. The van der Waals surface area contributed by atoms with Crippen molar-refractivity contribution in [2.75, 3.05) is 31.8 Å².